The maximum absolute atomic E-state index is 13.7. The second-order valence-corrected chi connectivity index (χ2v) is 7.79. The number of rotatable bonds is 4. The second-order valence-electron chi connectivity index (χ2n) is 7.79. The average Bonchev–Trinajstić information content (AvgIpc) is 3.16. The van der Waals surface area contributed by atoms with Crippen LogP contribution in [0.5, 0.6) is 0 Å². The zero-order valence-electron chi connectivity index (χ0n) is 16.3. The minimum Gasteiger partial charge on any atom is -0.392 e. The van der Waals surface area contributed by atoms with Crippen molar-refractivity contribution < 1.29 is 23.5 Å². The first-order valence-electron chi connectivity index (χ1n) is 9.95. The van der Waals surface area contributed by atoms with Gasteiger partial charge in [0.1, 0.15) is 0 Å². The maximum atomic E-state index is 13.7. The molecule has 0 unspecified atom stereocenters. The van der Waals surface area contributed by atoms with Gasteiger partial charge in [0.15, 0.2) is 11.6 Å². The molecule has 2 heterocycles. The predicted molar refractivity (Wildman–Crippen MR) is 107 cm³/mol. The van der Waals surface area contributed by atoms with Crippen LogP contribution in [-0.4, -0.2) is 47.1 Å². The molecule has 1 fully saturated rings. The molecule has 0 saturated carbocycles. The van der Waals surface area contributed by atoms with E-state index in [0.29, 0.717) is 26.1 Å². The highest BCUT2D eigenvalue weighted by atomic mass is 19.2. The number of anilines is 1. The van der Waals surface area contributed by atoms with Crippen molar-refractivity contribution in [3.63, 3.8) is 0 Å². The van der Waals surface area contributed by atoms with Gasteiger partial charge in [-0.1, -0.05) is 24.3 Å². The van der Waals surface area contributed by atoms with Crippen LogP contribution < -0.4 is 10.6 Å². The van der Waals surface area contributed by atoms with Gasteiger partial charge in [-0.3, -0.25) is 9.59 Å². The fraction of sp³-hybridized carbons (Fsp3) is 0.364. The van der Waals surface area contributed by atoms with Crippen molar-refractivity contribution in [2.75, 3.05) is 18.4 Å². The first-order chi connectivity index (χ1) is 14.4. The third-order valence-corrected chi connectivity index (χ3v) is 5.59. The Labute approximate surface area is 172 Å². The quantitative estimate of drug-likeness (QED) is 0.711. The summed E-state index contributed by atoms with van der Waals surface area (Å²) in [4.78, 5) is 26.8. The molecule has 30 heavy (non-hydrogen) atoms. The molecule has 158 valence electrons. The fourth-order valence-electron chi connectivity index (χ4n) is 4.01. The molecule has 0 aromatic heterocycles. The highest BCUT2D eigenvalue weighted by Crippen LogP contribution is 2.23. The minimum atomic E-state index is -1.09. The summed E-state index contributed by atoms with van der Waals surface area (Å²) < 4.78 is 27.1. The number of aliphatic hydroxyl groups excluding tert-OH is 1. The van der Waals surface area contributed by atoms with Crippen molar-refractivity contribution >= 4 is 17.5 Å². The van der Waals surface area contributed by atoms with Gasteiger partial charge < -0.3 is 20.6 Å². The Hall–Kier alpha value is -2.84. The van der Waals surface area contributed by atoms with E-state index in [1.54, 1.807) is 4.90 Å². The SMILES string of the molecule is O=C(Cc1ccc2c(c1)CN(C(=O)[C@@H]1C[C@H](O)CN1)CC2)Nc1cccc(F)c1F. The van der Waals surface area contributed by atoms with Crippen LogP contribution in [0.15, 0.2) is 36.4 Å². The number of carbonyl (C=O) groups excluding carboxylic acids is 2. The molecule has 2 aromatic rings. The van der Waals surface area contributed by atoms with Crippen molar-refractivity contribution in [3.8, 4) is 0 Å². The third kappa shape index (κ3) is 4.34. The molecule has 6 nitrogen and oxygen atoms in total. The predicted octanol–water partition coefficient (Wildman–Crippen LogP) is 1.75. The van der Waals surface area contributed by atoms with Gasteiger partial charge in [-0.2, -0.15) is 0 Å². The summed E-state index contributed by atoms with van der Waals surface area (Å²) in [7, 11) is 0. The number of β-amino-alcohol motifs (C(OH)–C–C–N with tert-alkyl or cyclic N) is 1. The summed E-state index contributed by atoms with van der Waals surface area (Å²) in [6.07, 6.45) is 0.647. The zero-order chi connectivity index (χ0) is 21.3. The molecule has 2 amide bonds. The molecule has 3 N–H and O–H groups in total. The number of fused-ring (bicyclic) bond motifs is 1. The van der Waals surface area contributed by atoms with Crippen LogP contribution in [0.2, 0.25) is 0 Å². The van der Waals surface area contributed by atoms with Gasteiger partial charge in [-0.05, 0) is 41.7 Å². The number of aliphatic hydroxyl groups is 1. The lowest BCUT2D eigenvalue weighted by Crippen LogP contribution is -2.45. The van der Waals surface area contributed by atoms with Gasteiger partial charge in [-0.25, -0.2) is 8.78 Å². The Morgan fingerprint density at radius 2 is 2.03 bits per heavy atom. The molecule has 0 bridgehead atoms. The normalized spacial score (nSPS) is 20.7. The van der Waals surface area contributed by atoms with Crippen molar-refractivity contribution in [1.82, 2.24) is 10.2 Å². The highest BCUT2D eigenvalue weighted by Gasteiger charge is 2.32. The van der Waals surface area contributed by atoms with Crippen molar-refractivity contribution in [1.29, 1.82) is 0 Å². The summed E-state index contributed by atoms with van der Waals surface area (Å²) in [5.74, 6) is -2.58. The summed E-state index contributed by atoms with van der Waals surface area (Å²) in [5, 5.41) is 15.1. The molecule has 8 heteroatoms. The Kier molecular flexibility index (Phi) is 5.78. The van der Waals surface area contributed by atoms with Gasteiger partial charge in [-0.15, -0.1) is 0 Å². The second kappa shape index (κ2) is 8.49. The zero-order valence-corrected chi connectivity index (χ0v) is 16.3. The molecule has 2 aromatic carbocycles. The number of hydrogen-bond donors (Lipinski definition) is 3. The van der Waals surface area contributed by atoms with E-state index in [0.717, 1.165) is 29.2 Å². The lowest BCUT2D eigenvalue weighted by molar-refractivity contribution is -0.134. The third-order valence-electron chi connectivity index (χ3n) is 5.59. The van der Waals surface area contributed by atoms with E-state index in [4.69, 9.17) is 0 Å². The smallest absolute Gasteiger partial charge is 0.240 e. The summed E-state index contributed by atoms with van der Waals surface area (Å²) in [5.41, 5.74) is 2.63. The van der Waals surface area contributed by atoms with E-state index in [9.17, 15) is 23.5 Å². The fourth-order valence-corrected chi connectivity index (χ4v) is 4.01. The number of nitrogens with one attached hydrogen (secondary N) is 2. The highest BCUT2D eigenvalue weighted by molar-refractivity contribution is 5.92. The number of carbonyl (C=O) groups is 2. The number of nitrogens with zero attached hydrogens (tertiary/aromatic N) is 1. The number of benzene rings is 2. The maximum Gasteiger partial charge on any atom is 0.240 e. The van der Waals surface area contributed by atoms with E-state index in [-0.39, 0.29) is 24.1 Å². The van der Waals surface area contributed by atoms with Crippen LogP contribution in [0.3, 0.4) is 0 Å². The van der Waals surface area contributed by atoms with Gasteiger partial charge in [0.05, 0.1) is 24.3 Å². The number of amides is 2. The minimum absolute atomic E-state index is 0.00749. The van der Waals surface area contributed by atoms with Crippen LogP contribution in [0.1, 0.15) is 23.1 Å². The first-order valence-corrected chi connectivity index (χ1v) is 9.95. The monoisotopic (exact) mass is 415 g/mol. The topological polar surface area (TPSA) is 81.7 Å². The van der Waals surface area contributed by atoms with Gasteiger partial charge in [0.25, 0.3) is 0 Å². The molecule has 1 saturated heterocycles. The van der Waals surface area contributed by atoms with E-state index in [2.05, 4.69) is 10.6 Å². The van der Waals surface area contributed by atoms with Crippen LogP contribution in [-0.2, 0) is 29.0 Å². The number of halogens is 2. The van der Waals surface area contributed by atoms with E-state index < -0.39 is 23.6 Å². The molecule has 2 aliphatic rings. The van der Waals surface area contributed by atoms with Gasteiger partial charge >= 0.3 is 0 Å². The number of hydrogen-bond acceptors (Lipinski definition) is 4. The Morgan fingerprint density at radius 1 is 1.20 bits per heavy atom. The Bertz CT molecular complexity index is 982. The van der Waals surface area contributed by atoms with Crippen LogP contribution in [0, 0.1) is 11.6 Å². The van der Waals surface area contributed by atoms with Crippen LogP contribution in [0.4, 0.5) is 14.5 Å². The van der Waals surface area contributed by atoms with Gasteiger partial charge in [0.2, 0.25) is 11.8 Å². The Morgan fingerprint density at radius 3 is 2.80 bits per heavy atom. The standard InChI is InChI=1S/C22H23F2N3O3/c23-17-2-1-3-18(21(17)24)26-20(29)9-13-4-5-14-6-7-27(12-15(14)8-13)22(30)19-10-16(28)11-25-19/h1-5,8,16,19,25,28H,6-7,9-12H2,(H,26,29)/t16-,19-/m0/s1. The summed E-state index contributed by atoms with van der Waals surface area (Å²) >= 11 is 0. The van der Waals surface area contributed by atoms with Crippen LogP contribution in [0.25, 0.3) is 0 Å². The summed E-state index contributed by atoms with van der Waals surface area (Å²) in [6.45, 7) is 1.47. The molecule has 0 aliphatic carbocycles. The molecule has 0 radical (unpaired) electrons. The summed E-state index contributed by atoms with van der Waals surface area (Å²) in [6, 6.07) is 8.93. The van der Waals surface area contributed by atoms with E-state index in [1.165, 1.54) is 12.1 Å². The van der Waals surface area contributed by atoms with Crippen molar-refractivity contribution in [3.05, 3.63) is 64.7 Å². The lowest BCUT2D eigenvalue weighted by Gasteiger charge is -2.31. The molecular weight excluding hydrogens is 392 g/mol. The molecule has 0 spiro atoms. The molecular formula is C22H23F2N3O3. The van der Waals surface area contributed by atoms with Crippen molar-refractivity contribution in [2.24, 2.45) is 0 Å². The van der Waals surface area contributed by atoms with Gasteiger partial charge in [0, 0.05) is 19.6 Å². The molecule has 2 atom stereocenters. The molecule has 2 aliphatic heterocycles. The average molecular weight is 415 g/mol. The lowest BCUT2D eigenvalue weighted by atomic mass is 9.95. The molecule has 4 rings (SSSR count). The van der Waals surface area contributed by atoms with E-state index in [1.807, 2.05) is 18.2 Å². The van der Waals surface area contributed by atoms with E-state index >= 15 is 0 Å². The van der Waals surface area contributed by atoms with Crippen molar-refractivity contribution in [2.45, 2.75) is 38.0 Å². The Balaban J connectivity index is 1.42. The van der Waals surface area contributed by atoms with Crippen LogP contribution >= 0.6 is 0 Å². The largest absolute Gasteiger partial charge is 0.392 e. The first kappa shape index (κ1) is 20.4.